The molecule has 0 aliphatic rings. The molecule has 0 radical (unpaired) electrons. The van der Waals surface area contributed by atoms with Crippen molar-refractivity contribution in [2.45, 2.75) is 37.3 Å². The van der Waals surface area contributed by atoms with E-state index in [-0.39, 0.29) is 12.0 Å². The van der Waals surface area contributed by atoms with Crippen molar-refractivity contribution in [3.8, 4) is 0 Å². The minimum atomic E-state index is -0.0523. The summed E-state index contributed by atoms with van der Waals surface area (Å²) >= 11 is 1.63. The van der Waals surface area contributed by atoms with Gasteiger partial charge in [-0.1, -0.05) is 23.9 Å². The first kappa shape index (κ1) is 19.4. The van der Waals surface area contributed by atoms with Crippen LogP contribution in [0.4, 0.5) is 0 Å². The number of carbonyl (C=O) groups is 1. The van der Waals surface area contributed by atoms with Crippen LogP contribution in [0.3, 0.4) is 0 Å². The summed E-state index contributed by atoms with van der Waals surface area (Å²) in [6, 6.07) is 9.57. The lowest BCUT2D eigenvalue weighted by molar-refractivity contribution is 0.0757. The first-order valence-electron chi connectivity index (χ1n) is 9.03. The lowest BCUT2D eigenvalue weighted by atomic mass is 10.1. The molecule has 6 nitrogen and oxygen atoms in total. The van der Waals surface area contributed by atoms with Crippen LogP contribution >= 0.6 is 11.8 Å². The van der Waals surface area contributed by atoms with Gasteiger partial charge >= 0.3 is 0 Å². The highest BCUT2D eigenvalue weighted by Crippen LogP contribution is 2.22. The van der Waals surface area contributed by atoms with Crippen LogP contribution in [-0.4, -0.2) is 40.1 Å². The maximum Gasteiger partial charge on any atom is 0.251 e. The molecule has 1 aromatic carbocycles. The number of carbonyl (C=O) groups excluding carboxylic acids is 1. The van der Waals surface area contributed by atoms with Crippen molar-refractivity contribution >= 4 is 28.7 Å². The Bertz CT molecular complexity index is 844. The number of ether oxygens (including phenoxy) is 1. The number of H-pyrrole nitrogens is 1. The number of fused-ring (bicyclic) bond motifs is 1. The minimum absolute atomic E-state index is 0.0523. The predicted molar refractivity (Wildman–Crippen MR) is 108 cm³/mol. The van der Waals surface area contributed by atoms with Crippen molar-refractivity contribution in [1.29, 1.82) is 0 Å². The summed E-state index contributed by atoms with van der Waals surface area (Å²) in [5.74, 6) is 0.727. The molecule has 0 aliphatic heterocycles. The zero-order chi connectivity index (χ0) is 19.1. The van der Waals surface area contributed by atoms with Gasteiger partial charge in [0, 0.05) is 30.7 Å². The molecule has 0 bridgehead atoms. The molecule has 7 heteroatoms. The molecular weight excluding hydrogens is 360 g/mol. The Morgan fingerprint density at radius 1 is 1.26 bits per heavy atom. The van der Waals surface area contributed by atoms with Gasteiger partial charge in [-0.2, -0.15) is 0 Å². The monoisotopic (exact) mass is 384 g/mol. The molecule has 0 atom stereocenters. The third-order valence-electron chi connectivity index (χ3n) is 3.91. The van der Waals surface area contributed by atoms with E-state index in [9.17, 15) is 4.79 Å². The summed E-state index contributed by atoms with van der Waals surface area (Å²) in [4.78, 5) is 24.0. The lowest BCUT2D eigenvalue weighted by Crippen LogP contribution is -2.25. The van der Waals surface area contributed by atoms with Crippen LogP contribution in [0.1, 0.15) is 36.2 Å². The van der Waals surface area contributed by atoms with Crippen LogP contribution in [0.15, 0.2) is 47.9 Å². The molecule has 1 amide bonds. The molecule has 2 N–H and O–H groups in total. The molecule has 2 aromatic heterocycles. The Morgan fingerprint density at radius 3 is 2.81 bits per heavy atom. The number of nitrogens with zero attached hydrogens (tertiary/aromatic N) is 2. The maximum absolute atomic E-state index is 12.2. The first-order valence-corrected chi connectivity index (χ1v) is 10.0. The zero-order valence-corrected chi connectivity index (χ0v) is 16.4. The Labute approximate surface area is 163 Å². The second kappa shape index (κ2) is 9.53. The number of hydrogen-bond acceptors (Lipinski definition) is 5. The summed E-state index contributed by atoms with van der Waals surface area (Å²) in [6.07, 6.45) is 4.54. The van der Waals surface area contributed by atoms with Crippen molar-refractivity contribution in [1.82, 2.24) is 20.3 Å². The van der Waals surface area contributed by atoms with Crippen molar-refractivity contribution in [3.63, 3.8) is 0 Å². The van der Waals surface area contributed by atoms with Crippen LogP contribution < -0.4 is 5.32 Å². The second-order valence-corrected chi connectivity index (χ2v) is 7.41. The summed E-state index contributed by atoms with van der Waals surface area (Å²) < 4.78 is 5.46. The van der Waals surface area contributed by atoms with Gasteiger partial charge in [-0.15, -0.1) is 0 Å². The van der Waals surface area contributed by atoms with Gasteiger partial charge in [0.05, 0.1) is 23.3 Å². The van der Waals surface area contributed by atoms with E-state index in [2.05, 4.69) is 20.3 Å². The fraction of sp³-hybridized carbons (Fsp3) is 0.350. The number of thioether (sulfide) groups is 1. The quantitative estimate of drug-likeness (QED) is 0.433. The lowest BCUT2D eigenvalue weighted by Gasteiger charge is -2.08. The number of rotatable bonds is 9. The highest BCUT2D eigenvalue weighted by molar-refractivity contribution is 7.98. The first-order chi connectivity index (χ1) is 13.1. The summed E-state index contributed by atoms with van der Waals surface area (Å²) in [5, 5.41) is 3.78. The zero-order valence-electron chi connectivity index (χ0n) is 15.6. The highest BCUT2D eigenvalue weighted by Gasteiger charge is 2.07. The number of aromatic amines is 1. The number of aromatic nitrogens is 3. The number of amides is 1. The van der Waals surface area contributed by atoms with Crippen molar-refractivity contribution < 1.29 is 9.53 Å². The topological polar surface area (TPSA) is 79.9 Å². The third kappa shape index (κ3) is 5.80. The highest BCUT2D eigenvalue weighted by atomic mass is 32.2. The maximum atomic E-state index is 12.2. The van der Waals surface area contributed by atoms with Gasteiger partial charge in [-0.25, -0.2) is 4.98 Å². The van der Waals surface area contributed by atoms with Gasteiger partial charge in [0.1, 0.15) is 0 Å². The van der Waals surface area contributed by atoms with Gasteiger partial charge in [-0.05, 0) is 44.0 Å². The Morgan fingerprint density at radius 2 is 2.07 bits per heavy atom. The SMILES string of the molecule is CC(C)OCCCNC(=O)c1ccc(CSc2nc3ccncc3[nH]2)cc1. The molecule has 0 saturated carbocycles. The Hall–Kier alpha value is -2.38. The molecule has 0 saturated heterocycles. The number of pyridine rings is 1. The van der Waals surface area contributed by atoms with Gasteiger partial charge in [-0.3, -0.25) is 9.78 Å². The van der Waals surface area contributed by atoms with Crippen LogP contribution in [0.5, 0.6) is 0 Å². The van der Waals surface area contributed by atoms with Gasteiger partial charge < -0.3 is 15.0 Å². The second-order valence-electron chi connectivity index (χ2n) is 6.45. The summed E-state index contributed by atoms with van der Waals surface area (Å²) in [7, 11) is 0. The molecule has 0 fully saturated rings. The summed E-state index contributed by atoms with van der Waals surface area (Å²) in [6.45, 7) is 5.28. The van der Waals surface area contributed by atoms with Crippen LogP contribution in [0.25, 0.3) is 11.0 Å². The van der Waals surface area contributed by atoms with E-state index in [1.165, 1.54) is 0 Å². The van der Waals surface area contributed by atoms with Gasteiger partial charge in [0.2, 0.25) is 0 Å². The molecule has 3 aromatic rings. The number of imidazole rings is 1. The van der Waals surface area contributed by atoms with E-state index in [4.69, 9.17) is 4.74 Å². The predicted octanol–water partition coefficient (Wildman–Crippen LogP) is 3.80. The molecule has 0 unspecified atom stereocenters. The smallest absolute Gasteiger partial charge is 0.251 e. The van der Waals surface area contributed by atoms with E-state index in [0.717, 1.165) is 33.9 Å². The number of hydrogen-bond donors (Lipinski definition) is 2. The normalized spacial score (nSPS) is 11.2. The molecule has 3 rings (SSSR count). The molecule has 2 heterocycles. The van der Waals surface area contributed by atoms with Crippen LogP contribution in [0.2, 0.25) is 0 Å². The van der Waals surface area contributed by atoms with Gasteiger partial charge in [0.15, 0.2) is 5.16 Å². The summed E-state index contributed by atoms with van der Waals surface area (Å²) in [5.41, 5.74) is 3.66. The Balaban J connectivity index is 1.46. The Kier molecular flexibility index (Phi) is 6.84. The molecular formula is C20H24N4O2S. The molecule has 0 spiro atoms. The standard InChI is InChI=1S/C20H24N4O2S/c1-14(2)26-11-3-9-22-19(25)16-6-4-15(5-7-16)13-27-20-23-17-8-10-21-12-18(17)24-20/h4-8,10,12,14H,3,9,11,13H2,1-2H3,(H,22,25)(H,23,24). The fourth-order valence-corrected chi connectivity index (χ4v) is 3.34. The molecule has 142 valence electrons. The average Bonchev–Trinajstić information content (AvgIpc) is 3.09. The molecule has 0 aliphatic carbocycles. The van der Waals surface area contributed by atoms with Gasteiger partial charge in [0.25, 0.3) is 5.91 Å². The number of benzene rings is 1. The van der Waals surface area contributed by atoms with Crippen molar-refractivity contribution in [2.24, 2.45) is 0 Å². The minimum Gasteiger partial charge on any atom is -0.379 e. The van der Waals surface area contributed by atoms with Crippen molar-refractivity contribution in [2.75, 3.05) is 13.2 Å². The largest absolute Gasteiger partial charge is 0.379 e. The van der Waals surface area contributed by atoms with Crippen LogP contribution in [0, 0.1) is 0 Å². The third-order valence-corrected chi connectivity index (χ3v) is 4.86. The van der Waals surface area contributed by atoms with E-state index in [1.807, 2.05) is 44.2 Å². The van der Waals surface area contributed by atoms with E-state index in [1.54, 1.807) is 24.2 Å². The average molecular weight is 385 g/mol. The van der Waals surface area contributed by atoms with Crippen molar-refractivity contribution in [3.05, 3.63) is 53.9 Å². The van der Waals surface area contributed by atoms with Crippen LogP contribution in [-0.2, 0) is 10.5 Å². The fourth-order valence-electron chi connectivity index (χ4n) is 2.50. The number of nitrogens with one attached hydrogen (secondary N) is 2. The van der Waals surface area contributed by atoms with E-state index >= 15 is 0 Å². The van der Waals surface area contributed by atoms with E-state index < -0.39 is 0 Å². The van der Waals surface area contributed by atoms with E-state index in [0.29, 0.717) is 18.7 Å². The molecule has 27 heavy (non-hydrogen) atoms.